The summed E-state index contributed by atoms with van der Waals surface area (Å²) in [6.45, 7) is 6.15. The lowest BCUT2D eigenvalue weighted by atomic mass is 10.5. The molecule has 0 aliphatic rings. The van der Waals surface area contributed by atoms with Crippen LogP contribution in [0.3, 0.4) is 0 Å². The minimum Gasteiger partial charge on any atom is -0.522 e. The monoisotopic (exact) mass is 188 g/mol. The van der Waals surface area contributed by atoms with Gasteiger partial charge in [-0.3, -0.25) is 4.79 Å². The second-order valence-electron chi connectivity index (χ2n) is 3.04. The van der Waals surface area contributed by atoms with E-state index in [-0.39, 0.29) is 5.97 Å². The molecule has 0 rings (SSSR count). The molecule has 0 saturated carbocycles. The predicted molar refractivity (Wildman–Crippen MR) is 53.7 cm³/mol. The highest BCUT2D eigenvalue weighted by molar-refractivity contribution is 6.53. The van der Waals surface area contributed by atoms with Crippen LogP contribution in [0.25, 0.3) is 0 Å². The summed E-state index contributed by atoms with van der Waals surface area (Å²) >= 11 is 0. The molecule has 0 aromatic carbocycles. The van der Waals surface area contributed by atoms with Crippen LogP contribution in [0.4, 0.5) is 0 Å². The smallest absolute Gasteiger partial charge is 0.292 e. The fraction of sp³-hybridized carbons (Fsp3) is 0.889. The molecule has 0 amide bonds. The molecule has 0 heterocycles. The Bertz CT molecular complexity index is 120. The Kier molecular flexibility index (Phi) is 7.15. The molecule has 0 radical (unpaired) electrons. The van der Waals surface area contributed by atoms with Crippen molar-refractivity contribution in [1.82, 2.24) is 0 Å². The van der Waals surface area contributed by atoms with E-state index in [4.69, 9.17) is 4.43 Å². The Morgan fingerprint density at radius 3 is 2.00 bits per heavy atom. The fourth-order valence-electron chi connectivity index (χ4n) is 1.18. The van der Waals surface area contributed by atoms with Crippen molar-refractivity contribution in [3.63, 3.8) is 0 Å². The van der Waals surface area contributed by atoms with Gasteiger partial charge in [-0.15, -0.1) is 0 Å². The van der Waals surface area contributed by atoms with Crippen LogP contribution in [0.5, 0.6) is 0 Å². The molecule has 0 aliphatic carbocycles. The minimum atomic E-state index is -1.16. The normalized spacial score (nSPS) is 10.3. The van der Waals surface area contributed by atoms with Gasteiger partial charge in [-0.1, -0.05) is 33.6 Å². The molecule has 12 heavy (non-hydrogen) atoms. The van der Waals surface area contributed by atoms with E-state index in [0.29, 0.717) is 6.42 Å². The van der Waals surface area contributed by atoms with Gasteiger partial charge in [-0.05, 0) is 12.1 Å². The lowest BCUT2D eigenvalue weighted by Crippen LogP contribution is -2.21. The maximum atomic E-state index is 11.0. The molecule has 0 fully saturated rings. The summed E-state index contributed by atoms with van der Waals surface area (Å²) in [5, 5.41) is 0. The molecule has 0 aromatic heterocycles. The van der Waals surface area contributed by atoms with Crippen LogP contribution in [-0.4, -0.2) is 15.0 Å². The third-order valence-corrected chi connectivity index (χ3v) is 4.85. The zero-order valence-electron chi connectivity index (χ0n) is 8.43. The number of rotatable bonds is 6. The van der Waals surface area contributed by atoms with Crippen molar-refractivity contribution in [3.05, 3.63) is 0 Å². The van der Waals surface area contributed by atoms with Gasteiger partial charge in [0.1, 0.15) is 0 Å². The van der Waals surface area contributed by atoms with E-state index in [1.54, 1.807) is 0 Å². The van der Waals surface area contributed by atoms with Crippen LogP contribution in [0.1, 0.15) is 40.0 Å². The summed E-state index contributed by atoms with van der Waals surface area (Å²) in [6, 6.07) is 2.28. The van der Waals surface area contributed by atoms with Crippen LogP contribution >= 0.6 is 0 Å². The Morgan fingerprint density at radius 2 is 1.67 bits per heavy atom. The van der Waals surface area contributed by atoms with E-state index in [0.717, 1.165) is 24.9 Å². The maximum absolute atomic E-state index is 11.0. The molecule has 0 aliphatic heterocycles. The van der Waals surface area contributed by atoms with E-state index < -0.39 is 9.04 Å². The fourth-order valence-corrected chi connectivity index (χ4v) is 3.53. The van der Waals surface area contributed by atoms with E-state index in [2.05, 4.69) is 13.8 Å². The maximum Gasteiger partial charge on any atom is 0.292 e. The first-order valence-electron chi connectivity index (χ1n) is 4.94. The lowest BCUT2D eigenvalue weighted by molar-refractivity contribution is -0.134. The number of carbonyl (C=O) groups is 1. The first-order valence-corrected chi connectivity index (χ1v) is 7.04. The van der Waals surface area contributed by atoms with E-state index in [9.17, 15) is 4.79 Å². The number of carbonyl (C=O) groups excluding carboxylic acids is 1. The molecule has 2 nitrogen and oxygen atoms in total. The summed E-state index contributed by atoms with van der Waals surface area (Å²) in [7, 11) is -1.16. The van der Waals surface area contributed by atoms with Crippen molar-refractivity contribution in [1.29, 1.82) is 0 Å². The highest BCUT2D eigenvalue weighted by atomic mass is 28.3. The van der Waals surface area contributed by atoms with Crippen molar-refractivity contribution < 1.29 is 9.22 Å². The van der Waals surface area contributed by atoms with Gasteiger partial charge in [0.2, 0.25) is 9.04 Å². The highest BCUT2D eigenvalue weighted by Gasteiger charge is 2.13. The summed E-state index contributed by atoms with van der Waals surface area (Å²) in [5.74, 6) is -0.00596. The highest BCUT2D eigenvalue weighted by Crippen LogP contribution is 2.08. The standard InChI is InChI=1S/C9H20O2Si/c1-4-7-12(8-5-2)11-9(10)6-3/h12H,4-8H2,1-3H3. The van der Waals surface area contributed by atoms with Crippen molar-refractivity contribution in [2.75, 3.05) is 0 Å². The van der Waals surface area contributed by atoms with Gasteiger partial charge >= 0.3 is 0 Å². The largest absolute Gasteiger partial charge is 0.522 e. The van der Waals surface area contributed by atoms with E-state index >= 15 is 0 Å². The first kappa shape index (κ1) is 11.7. The zero-order valence-corrected chi connectivity index (χ0v) is 9.58. The van der Waals surface area contributed by atoms with E-state index in [1.165, 1.54) is 0 Å². The lowest BCUT2D eigenvalue weighted by Gasteiger charge is -2.13. The molecular formula is C9H20O2Si. The van der Waals surface area contributed by atoms with Gasteiger partial charge in [0.15, 0.2) is 0 Å². The van der Waals surface area contributed by atoms with E-state index in [1.807, 2.05) is 6.92 Å². The van der Waals surface area contributed by atoms with Crippen LogP contribution in [0, 0.1) is 0 Å². The number of hydrogen-bond donors (Lipinski definition) is 0. The second kappa shape index (κ2) is 7.34. The molecule has 0 N–H and O–H groups in total. The summed E-state index contributed by atoms with van der Waals surface area (Å²) in [6.07, 6.45) is 2.82. The molecule has 0 aromatic rings. The number of hydrogen-bond acceptors (Lipinski definition) is 2. The third kappa shape index (κ3) is 5.35. The topological polar surface area (TPSA) is 26.3 Å². The zero-order chi connectivity index (χ0) is 9.40. The summed E-state index contributed by atoms with van der Waals surface area (Å²) < 4.78 is 5.38. The quantitative estimate of drug-likeness (QED) is 0.599. The Labute approximate surface area is 77.0 Å². The van der Waals surface area contributed by atoms with Crippen molar-refractivity contribution >= 4 is 15.0 Å². The molecule has 0 spiro atoms. The van der Waals surface area contributed by atoms with Crippen LogP contribution in [0.15, 0.2) is 0 Å². The van der Waals surface area contributed by atoms with Crippen molar-refractivity contribution in [2.24, 2.45) is 0 Å². The summed E-state index contributed by atoms with van der Waals surface area (Å²) in [4.78, 5) is 11.0. The Morgan fingerprint density at radius 1 is 1.17 bits per heavy atom. The van der Waals surface area contributed by atoms with Gasteiger partial charge in [0.25, 0.3) is 5.97 Å². The van der Waals surface area contributed by atoms with Gasteiger partial charge < -0.3 is 4.43 Å². The average Bonchev–Trinajstić information content (AvgIpc) is 2.05. The van der Waals surface area contributed by atoms with Gasteiger partial charge in [0, 0.05) is 6.42 Å². The predicted octanol–water partition coefficient (Wildman–Crippen LogP) is 2.48. The van der Waals surface area contributed by atoms with Crippen LogP contribution < -0.4 is 0 Å². The Balaban J connectivity index is 3.68. The van der Waals surface area contributed by atoms with Crippen molar-refractivity contribution in [3.8, 4) is 0 Å². The minimum absolute atomic E-state index is 0.00596. The molecule has 3 heteroatoms. The first-order chi connectivity index (χ1) is 5.74. The molecule has 0 atom stereocenters. The molecule has 72 valence electrons. The Hall–Kier alpha value is -0.313. The third-order valence-electron chi connectivity index (χ3n) is 1.81. The van der Waals surface area contributed by atoms with Gasteiger partial charge in [-0.2, -0.15) is 0 Å². The van der Waals surface area contributed by atoms with Gasteiger partial charge in [0.05, 0.1) is 0 Å². The molecular weight excluding hydrogens is 168 g/mol. The summed E-state index contributed by atoms with van der Waals surface area (Å²) in [5.41, 5.74) is 0. The SMILES string of the molecule is CCC[SiH](CCC)OC(=O)CC. The average molecular weight is 188 g/mol. The van der Waals surface area contributed by atoms with Crippen LogP contribution in [0.2, 0.25) is 12.1 Å². The molecule has 0 bridgehead atoms. The van der Waals surface area contributed by atoms with Crippen molar-refractivity contribution in [2.45, 2.75) is 52.1 Å². The molecule has 0 unspecified atom stereocenters. The molecule has 0 saturated heterocycles. The second-order valence-corrected chi connectivity index (χ2v) is 5.68. The van der Waals surface area contributed by atoms with Crippen LogP contribution in [-0.2, 0) is 9.22 Å². The van der Waals surface area contributed by atoms with Gasteiger partial charge in [-0.25, -0.2) is 0 Å².